The largest absolute Gasteiger partial charge is 0.504 e. The van der Waals surface area contributed by atoms with Crippen molar-refractivity contribution in [3.05, 3.63) is 101 Å². The second kappa shape index (κ2) is 13.6. The Hall–Kier alpha value is -4.96. The van der Waals surface area contributed by atoms with Crippen LogP contribution in [0.25, 0.3) is 0 Å². The number of hydrogen-bond acceptors (Lipinski definition) is 7. The maximum absolute atomic E-state index is 15.3. The summed E-state index contributed by atoms with van der Waals surface area (Å²) in [6.07, 6.45) is 3.85. The Kier molecular flexibility index (Phi) is 9.22. The number of phenols is 1. The number of allylic oxidation sites excluding steroid dienone is 2. The first-order chi connectivity index (χ1) is 24.6. The van der Waals surface area contributed by atoms with E-state index in [9.17, 15) is 24.3 Å². The predicted octanol–water partition coefficient (Wildman–Crippen LogP) is 6.25. The lowest BCUT2D eigenvalue weighted by Gasteiger charge is -2.50. The Morgan fingerprint density at radius 1 is 0.922 bits per heavy atom. The van der Waals surface area contributed by atoms with Gasteiger partial charge in [0.25, 0.3) is 0 Å². The quantitative estimate of drug-likeness (QED) is 0.135. The van der Waals surface area contributed by atoms with E-state index in [2.05, 4.69) is 0 Å². The number of benzene rings is 3. The van der Waals surface area contributed by atoms with Crippen molar-refractivity contribution in [2.24, 2.45) is 23.7 Å². The lowest BCUT2D eigenvalue weighted by molar-refractivity contribution is -0.141. The molecular weight excluding hydrogens is 672 g/mol. The number of phenolic OH excluding ortho intramolecular Hbond substituents is 1. The van der Waals surface area contributed by atoms with Crippen molar-refractivity contribution in [3.8, 4) is 11.5 Å². The number of rotatable bonds is 11. The van der Waals surface area contributed by atoms with Crippen molar-refractivity contribution in [2.45, 2.75) is 56.8 Å². The number of carboxylic acids is 1. The van der Waals surface area contributed by atoms with Crippen LogP contribution in [-0.4, -0.2) is 57.9 Å². The third-order valence-corrected chi connectivity index (χ3v) is 11.4. The normalized spacial score (nSPS) is 26.9. The zero-order valence-electron chi connectivity index (χ0n) is 28.2. The van der Waals surface area contributed by atoms with Gasteiger partial charge in [-0.05, 0) is 68.4 Å². The number of unbranched alkanes of at least 4 members (excludes halogenated alkanes) is 2. The summed E-state index contributed by atoms with van der Waals surface area (Å²) in [4.78, 5) is 71.7. The lowest BCUT2D eigenvalue weighted by Crippen LogP contribution is -2.53. The van der Waals surface area contributed by atoms with Crippen LogP contribution in [0.3, 0.4) is 0 Å². The van der Waals surface area contributed by atoms with E-state index in [1.165, 1.54) is 9.80 Å². The van der Waals surface area contributed by atoms with Crippen LogP contribution in [-0.2, 0) is 29.4 Å². The number of para-hydroxylation sites is 1. The number of fused-ring (bicyclic) bond motifs is 4. The number of hydrogen-bond donors (Lipinski definition) is 2. The van der Waals surface area contributed by atoms with Crippen LogP contribution >= 0.6 is 11.6 Å². The van der Waals surface area contributed by atoms with E-state index in [1.54, 1.807) is 49.4 Å². The number of amides is 4. The molecule has 7 rings (SSSR count). The van der Waals surface area contributed by atoms with E-state index in [0.717, 1.165) is 5.57 Å². The first-order valence-corrected chi connectivity index (χ1v) is 17.9. The Bertz CT molecular complexity index is 1950. The fraction of sp³-hybridized carbons (Fsp3) is 0.375. The summed E-state index contributed by atoms with van der Waals surface area (Å²) in [5, 5.41) is 21.2. The zero-order chi connectivity index (χ0) is 36.0. The predicted molar refractivity (Wildman–Crippen MR) is 188 cm³/mol. The molecule has 11 heteroatoms. The van der Waals surface area contributed by atoms with E-state index < -0.39 is 52.8 Å². The number of imide groups is 2. The van der Waals surface area contributed by atoms with Crippen LogP contribution in [0.2, 0.25) is 5.02 Å². The molecule has 10 nitrogen and oxygen atoms in total. The van der Waals surface area contributed by atoms with Gasteiger partial charge in [-0.2, -0.15) is 0 Å². The van der Waals surface area contributed by atoms with Gasteiger partial charge in [0.1, 0.15) is 0 Å². The van der Waals surface area contributed by atoms with Crippen LogP contribution in [0.4, 0.5) is 5.69 Å². The van der Waals surface area contributed by atoms with Crippen molar-refractivity contribution in [2.75, 3.05) is 18.1 Å². The van der Waals surface area contributed by atoms with E-state index in [0.29, 0.717) is 41.1 Å². The van der Waals surface area contributed by atoms with E-state index in [-0.39, 0.29) is 55.7 Å². The first kappa shape index (κ1) is 34.5. The maximum Gasteiger partial charge on any atom is 0.303 e. The van der Waals surface area contributed by atoms with Gasteiger partial charge in [-0.1, -0.05) is 78.2 Å². The Morgan fingerprint density at radius 2 is 1.69 bits per heavy atom. The van der Waals surface area contributed by atoms with Crippen molar-refractivity contribution >= 4 is 46.9 Å². The van der Waals surface area contributed by atoms with Crippen molar-refractivity contribution in [3.63, 3.8) is 0 Å². The minimum atomic E-state index is -1.52. The first-order valence-electron chi connectivity index (χ1n) is 17.5. The van der Waals surface area contributed by atoms with Gasteiger partial charge in [-0.3, -0.25) is 28.9 Å². The molecule has 3 fully saturated rings. The fourth-order valence-electron chi connectivity index (χ4n) is 9.14. The molecule has 3 aromatic carbocycles. The second-order valence-corrected chi connectivity index (χ2v) is 14.2. The molecule has 0 radical (unpaired) electrons. The Morgan fingerprint density at radius 3 is 2.41 bits per heavy atom. The average molecular weight is 711 g/mol. The van der Waals surface area contributed by atoms with Crippen LogP contribution in [0.5, 0.6) is 11.5 Å². The number of likely N-dealkylation sites (tertiary alicyclic amines) is 1. The molecule has 0 bridgehead atoms. The summed E-state index contributed by atoms with van der Waals surface area (Å²) in [5.74, 6) is -6.11. The SMILES string of the molecule is CCOc1cccc([C@H]2C3=CC[C@@H]4C(=O)N(CCCCCC(=O)O)C(=O)[C@@H]4[C@@H]3C[C@H]3C(=O)N(c4cccc(Cl)c4)C(=O)[C@@]23c2ccccc2)c1O. The average Bonchev–Trinajstić information content (AvgIpc) is 3.50. The number of aliphatic carboxylic acids is 1. The topological polar surface area (TPSA) is 142 Å². The van der Waals surface area contributed by atoms with Crippen molar-refractivity contribution < 1.29 is 38.9 Å². The second-order valence-electron chi connectivity index (χ2n) is 13.8. The molecule has 4 aliphatic rings. The molecule has 6 atom stereocenters. The minimum Gasteiger partial charge on any atom is -0.504 e. The summed E-state index contributed by atoms with van der Waals surface area (Å²) in [7, 11) is 0. The summed E-state index contributed by atoms with van der Waals surface area (Å²) in [6, 6.07) is 20.8. The maximum atomic E-state index is 15.3. The van der Waals surface area contributed by atoms with E-state index in [1.807, 2.05) is 36.4 Å². The molecular formula is C40H39ClN2O8. The molecule has 51 heavy (non-hydrogen) atoms. The molecule has 0 aromatic heterocycles. The molecule has 2 N–H and O–H groups in total. The van der Waals surface area contributed by atoms with E-state index in [4.69, 9.17) is 21.4 Å². The highest BCUT2D eigenvalue weighted by atomic mass is 35.5. The smallest absolute Gasteiger partial charge is 0.303 e. The number of anilines is 1. The van der Waals surface area contributed by atoms with Gasteiger partial charge in [-0.15, -0.1) is 0 Å². The molecule has 0 unspecified atom stereocenters. The third-order valence-electron chi connectivity index (χ3n) is 11.2. The molecule has 264 valence electrons. The lowest BCUT2D eigenvalue weighted by atomic mass is 9.49. The highest BCUT2D eigenvalue weighted by molar-refractivity contribution is 6.32. The molecule has 3 aromatic rings. The molecule has 1 saturated carbocycles. The molecule has 2 aliphatic heterocycles. The van der Waals surface area contributed by atoms with Crippen LogP contribution in [0.15, 0.2) is 84.4 Å². The van der Waals surface area contributed by atoms with Crippen LogP contribution < -0.4 is 9.64 Å². The standard InChI is InChI=1S/C40H39ClN2O8/c1-2-51-31-16-10-15-28(35(31)46)34-26-18-19-27-33(38(49)42(36(27)47)20-8-4-7-17-32(44)45)29(26)22-30-37(48)43(25-14-9-13-24(41)21-25)39(50)40(30,34)23-11-5-3-6-12-23/h3,5-6,9-16,18,21,27,29-30,33-34,46H,2,4,7-8,17,19-20,22H2,1H3,(H,44,45)/t27-,29+,30-,33-,34+,40+/m0/s1. The number of ether oxygens (including phenoxy) is 1. The van der Waals surface area contributed by atoms with Gasteiger partial charge in [-0.25, -0.2) is 4.90 Å². The summed E-state index contributed by atoms with van der Waals surface area (Å²) in [6.45, 7) is 2.27. The van der Waals surface area contributed by atoms with Gasteiger partial charge >= 0.3 is 5.97 Å². The number of aromatic hydroxyl groups is 1. The number of carbonyl (C=O) groups is 5. The Labute approximate surface area is 300 Å². The number of carbonyl (C=O) groups excluding carboxylic acids is 4. The van der Waals surface area contributed by atoms with Crippen LogP contribution in [0.1, 0.15) is 62.5 Å². The van der Waals surface area contributed by atoms with Gasteiger partial charge in [0, 0.05) is 29.5 Å². The van der Waals surface area contributed by atoms with Gasteiger partial charge < -0.3 is 14.9 Å². The molecule has 0 spiro atoms. The molecule has 2 aliphatic carbocycles. The number of carboxylic acid groups (broad SMARTS) is 1. The van der Waals surface area contributed by atoms with E-state index >= 15 is 4.79 Å². The van der Waals surface area contributed by atoms with Gasteiger partial charge in [0.15, 0.2) is 11.5 Å². The van der Waals surface area contributed by atoms with Crippen molar-refractivity contribution in [1.29, 1.82) is 0 Å². The van der Waals surface area contributed by atoms with Gasteiger partial charge in [0.05, 0.1) is 35.5 Å². The highest BCUT2D eigenvalue weighted by Gasteiger charge is 2.70. The summed E-state index contributed by atoms with van der Waals surface area (Å²) < 4.78 is 5.80. The van der Waals surface area contributed by atoms with Crippen LogP contribution in [0, 0.1) is 23.7 Å². The highest BCUT2D eigenvalue weighted by Crippen LogP contribution is 2.65. The molecule has 2 heterocycles. The van der Waals surface area contributed by atoms with Gasteiger partial charge in [0.2, 0.25) is 23.6 Å². The monoisotopic (exact) mass is 710 g/mol. The third kappa shape index (κ3) is 5.51. The minimum absolute atomic E-state index is 0.0186. The number of halogens is 1. The van der Waals surface area contributed by atoms with Crippen molar-refractivity contribution in [1.82, 2.24) is 4.90 Å². The zero-order valence-corrected chi connectivity index (χ0v) is 28.9. The summed E-state index contributed by atoms with van der Waals surface area (Å²) in [5.41, 5.74) is 0.532. The molecule has 4 amide bonds. The molecule has 2 saturated heterocycles. The number of nitrogens with zero attached hydrogens (tertiary/aromatic N) is 2. The summed E-state index contributed by atoms with van der Waals surface area (Å²) >= 11 is 6.38. The fourth-order valence-corrected chi connectivity index (χ4v) is 9.33. The Balaban J connectivity index is 1.39.